The van der Waals surface area contributed by atoms with Gasteiger partial charge in [0.15, 0.2) is 11.5 Å². The first-order valence-corrected chi connectivity index (χ1v) is 5.61. The fourth-order valence-electron chi connectivity index (χ4n) is 2.03. The number of aromatic nitrogens is 6. The van der Waals surface area contributed by atoms with E-state index in [1.165, 1.54) is 0 Å². The van der Waals surface area contributed by atoms with Crippen LogP contribution in [0.25, 0.3) is 22.7 Å². The largest absolute Gasteiger partial charge is 0.334 e. The third-order valence-corrected chi connectivity index (χ3v) is 2.83. The van der Waals surface area contributed by atoms with Crippen molar-refractivity contribution in [3.8, 4) is 11.5 Å². The average molecular weight is 230 g/mol. The Morgan fingerprint density at radius 1 is 1.41 bits per heavy atom. The lowest BCUT2D eigenvalue weighted by Gasteiger charge is -1.96. The van der Waals surface area contributed by atoms with E-state index in [9.17, 15) is 0 Å². The van der Waals surface area contributed by atoms with E-state index >= 15 is 0 Å². The first-order chi connectivity index (χ1) is 8.19. The standard InChI is InChI=1S/C11H14N6/c1-4-17-11-8(6-12-17)13-10(14-11)9-5-7(2)15-16(9)3/h5-6H,4H2,1-3H3,(H,13,14). The molecule has 0 amide bonds. The zero-order valence-electron chi connectivity index (χ0n) is 10.1. The summed E-state index contributed by atoms with van der Waals surface area (Å²) in [7, 11) is 1.92. The van der Waals surface area contributed by atoms with Crippen molar-refractivity contribution in [3.05, 3.63) is 18.0 Å². The zero-order chi connectivity index (χ0) is 12.0. The average Bonchev–Trinajstić information content (AvgIpc) is 2.91. The Hall–Kier alpha value is -2.11. The molecule has 0 atom stereocenters. The van der Waals surface area contributed by atoms with Crippen LogP contribution in [0.5, 0.6) is 0 Å². The number of aryl methyl sites for hydroxylation is 3. The lowest BCUT2D eigenvalue weighted by molar-refractivity contribution is 0.677. The lowest BCUT2D eigenvalue weighted by Crippen LogP contribution is -1.97. The number of H-pyrrole nitrogens is 1. The van der Waals surface area contributed by atoms with E-state index in [2.05, 4.69) is 27.1 Å². The third-order valence-electron chi connectivity index (χ3n) is 2.83. The van der Waals surface area contributed by atoms with Gasteiger partial charge in [0.2, 0.25) is 0 Å². The number of hydrogen-bond donors (Lipinski definition) is 1. The van der Waals surface area contributed by atoms with E-state index < -0.39 is 0 Å². The molecular weight excluding hydrogens is 216 g/mol. The highest BCUT2D eigenvalue weighted by atomic mass is 15.3. The molecule has 0 aliphatic rings. The molecule has 0 fully saturated rings. The first-order valence-electron chi connectivity index (χ1n) is 5.61. The van der Waals surface area contributed by atoms with Crippen molar-refractivity contribution in [2.45, 2.75) is 20.4 Å². The molecule has 3 aromatic rings. The number of aromatic amines is 1. The van der Waals surface area contributed by atoms with E-state index in [0.717, 1.165) is 34.9 Å². The van der Waals surface area contributed by atoms with Gasteiger partial charge in [0.1, 0.15) is 11.2 Å². The van der Waals surface area contributed by atoms with Crippen molar-refractivity contribution in [2.24, 2.45) is 7.05 Å². The van der Waals surface area contributed by atoms with E-state index in [1.807, 2.05) is 29.4 Å². The summed E-state index contributed by atoms with van der Waals surface area (Å²) in [6.45, 7) is 4.84. The molecule has 0 aliphatic heterocycles. The van der Waals surface area contributed by atoms with Crippen LogP contribution in [-0.4, -0.2) is 29.5 Å². The van der Waals surface area contributed by atoms with Crippen LogP contribution < -0.4 is 0 Å². The molecule has 6 heteroatoms. The highest BCUT2D eigenvalue weighted by Gasteiger charge is 2.12. The molecule has 6 nitrogen and oxygen atoms in total. The van der Waals surface area contributed by atoms with E-state index in [0.29, 0.717) is 0 Å². The van der Waals surface area contributed by atoms with Gasteiger partial charge in [0, 0.05) is 13.6 Å². The Balaban J connectivity index is 2.18. The molecule has 3 heterocycles. The number of fused-ring (bicyclic) bond motifs is 1. The van der Waals surface area contributed by atoms with Gasteiger partial charge in [-0.2, -0.15) is 10.2 Å². The van der Waals surface area contributed by atoms with E-state index in [4.69, 9.17) is 0 Å². The molecule has 0 spiro atoms. The molecule has 3 rings (SSSR count). The molecule has 0 radical (unpaired) electrons. The van der Waals surface area contributed by atoms with E-state index in [-0.39, 0.29) is 0 Å². The summed E-state index contributed by atoms with van der Waals surface area (Å²) < 4.78 is 3.70. The van der Waals surface area contributed by atoms with Crippen LogP contribution in [0, 0.1) is 6.92 Å². The Morgan fingerprint density at radius 2 is 2.24 bits per heavy atom. The highest BCUT2D eigenvalue weighted by Crippen LogP contribution is 2.20. The normalized spacial score (nSPS) is 11.5. The van der Waals surface area contributed by atoms with Crippen LogP contribution in [0.15, 0.2) is 12.3 Å². The minimum absolute atomic E-state index is 0.818. The number of hydrogen-bond acceptors (Lipinski definition) is 3. The van der Waals surface area contributed by atoms with Gasteiger partial charge in [0.05, 0.1) is 11.9 Å². The van der Waals surface area contributed by atoms with Gasteiger partial charge in [-0.15, -0.1) is 0 Å². The Labute approximate surface area is 98.3 Å². The molecule has 3 aromatic heterocycles. The van der Waals surface area contributed by atoms with Gasteiger partial charge in [-0.25, -0.2) is 9.67 Å². The molecule has 0 unspecified atom stereocenters. The predicted molar refractivity (Wildman–Crippen MR) is 64.5 cm³/mol. The Bertz CT molecular complexity index is 671. The molecule has 0 saturated carbocycles. The van der Waals surface area contributed by atoms with Gasteiger partial charge in [-0.1, -0.05) is 0 Å². The van der Waals surface area contributed by atoms with Gasteiger partial charge < -0.3 is 4.98 Å². The number of imidazole rings is 1. The minimum Gasteiger partial charge on any atom is -0.334 e. The van der Waals surface area contributed by atoms with Crippen molar-refractivity contribution < 1.29 is 0 Å². The lowest BCUT2D eigenvalue weighted by atomic mass is 10.3. The topological polar surface area (TPSA) is 64.3 Å². The summed E-state index contributed by atoms with van der Waals surface area (Å²) in [5.74, 6) is 0.836. The van der Waals surface area contributed by atoms with Gasteiger partial charge >= 0.3 is 0 Å². The highest BCUT2D eigenvalue weighted by molar-refractivity contribution is 5.75. The van der Waals surface area contributed by atoms with Gasteiger partial charge in [0.25, 0.3) is 0 Å². The van der Waals surface area contributed by atoms with E-state index in [1.54, 1.807) is 6.20 Å². The summed E-state index contributed by atoms with van der Waals surface area (Å²) in [6, 6.07) is 2.02. The van der Waals surface area contributed by atoms with Crippen LogP contribution in [-0.2, 0) is 13.6 Å². The third kappa shape index (κ3) is 1.44. The maximum atomic E-state index is 4.57. The summed E-state index contributed by atoms with van der Waals surface area (Å²) in [4.78, 5) is 7.84. The van der Waals surface area contributed by atoms with Crippen molar-refractivity contribution >= 4 is 11.2 Å². The molecular formula is C11H14N6. The van der Waals surface area contributed by atoms with Crippen LogP contribution in [0.3, 0.4) is 0 Å². The maximum absolute atomic E-state index is 4.57. The monoisotopic (exact) mass is 230 g/mol. The second-order valence-corrected chi connectivity index (χ2v) is 4.08. The molecule has 88 valence electrons. The van der Waals surface area contributed by atoms with Crippen LogP contribution >= 0.6 is 0 Å². The smallest absolute Gasteiger partial charge is 0.176 e. The first kappa shape index (κ1) is 10.1. The summed E-state index contributed by atoms with van der Waals surface area (Å²) in [5, 5.41) is 8.56. The fraction of sp³-hybridized carbons (Fsp3) is 0.364. The second-order valence-electron chi connectivity index (χ2n) is 4.08. The van der Waals surface area contributed by atoms with Gasteiger partial charge in [-0.3, -0.25) is 4.68 Å². The van der Waals surface area contributed by atoms with Gasteiger partial charge in [-0.05, 0) is 19.9 Å². The number of nitrogens with one attached hydrogen (secondary N) is 1. The van der Waals surface area contributed by atoms with Crippen molar-refractivity contribution in [1.29, 1.82) is 0 Å². The van der Waals surface area contributed by atoms with Crippen molar-refractivity contribution in [3.63, 3.8) is 0 Å². The molecule has 17 heavy (non-hydrogen) atoms. The van der Waals surface area contributed by atoms with Crippen LogP contribution in [0.1, 0.15) is 12.6 Å². The molecule has 0 aliphatic carbocycles. The Morgan fingerprint density at radius 3 is 2.88 bits per heavy atom. The summed E-state index contributed by atoms with van der Waals surface area (Å²) >= 11 is 0. The Kier molecular flexibility index (Phi) is 2.04. The molecule has 1 N–H and O–H groups in total. The van der Waals surface area contributed by atoms with Crippen molar-refractivity contribution in [2.75, 3.05) is 0 Å². The van der Waals surface area contributed by atoms with Crippen molar-refractivity contribution in [1.82, 2.24) is 29.5 Å². The van der Waals surface area contributed by atoms with Crippen LogP contribution in [0.4, 0.5) is 0 Å². The number of nitrogens with zero attached hydrogens (tertiary/aromatic N) is 5. The summed E-state index contributed by atoms with van der Waals surface area (Å²) in [5.41, 5.74) is 3.82. The number of rotatable bonds is 2. The molecule has 0 bridgehead atoms. The SMILES string of the molecule is CCn1ncc2[nH]c(-c3cc(C)nn3C)nc21. The summed E-state index contributed by atoms with van der Waals surface area (Å²) in [6.07, 6.45) is 1.80. The second kappa shape index (κ2) is 3.44. The minimum atomic E-state index is 0.818. The molecule has 0 aromatic carbocycles. The quantitative estimate of drug-likeness (QED) is 0.725. The predicted octanol–water partition coefficient (Wildman–Crippen LogP) is 1.49. The maximum Gasteiger partial charge on any atom is 0.176 e. The fourth-order valence-corrected chi connectivity index (χ4v) is 2.03. The zero-order valence-corrected chi connectivity index (χ0v) is 10.1. The molecule has 0 saturated heterocycles. The van der Waals surface area contributed by atoms with Crippen LogP contribution in [0.2, 0.25) is 0 Å².